The molecule has 25 heavy (non-hydrogen) atoms. The molecule has 1 unspecified atom stereocenters. The van der Waals surface area contributed by atoms with Crippen molar-refractivity contribution in [2.75, 3.05) is 18.4 Å². The minimum Gasteiger partial charge on any atom is -0.370 e. The van der Waals surface area contributed by atoms with Gasteiger partial charge in [0, 0.05) is 56.4 Å². The standard InChI is InChI=1S/C18H22N6S/c1-14-22-16(13-25-14)11-23-9-15(8-20-18-4-2-3-6-19-18)10-24-17(12-23)5-7-21-24/h2-7,13,15H,8-12H2,1H3,(H,19,20). The Balaban J connectivity index is 1.47. The van der Waals surface area contributed by atoms with Gasteiger partial charge in [0.2, 0.25) is 0 Å². The Morgan fingerprint density at radius 1 is 1.24 bits per heavy atom. The fourth-order valence-corrected chi connectivity index (χ4v) is 3.90. The van der Waals surface area contributed by atoms with E-state index in [0.29, 0.717) is 5.92 Å². The van der Waals surface area contributed by atoms with Crippen LogP contribution in [0.25, 0.3) is 0 Å². The van der Waals surface area contributed by atoms with Gasteiger partial charge in [0.15, 0.2) is 0 Å². The van der Waals surface area contributed by atoms with Crippen LogP contribution in [0.15, 0.2) is 42.0 Å². The highest BCUT2D eigenvalue weighted by atomic mass is 32.1. The fraction of sp³-hybridized carbons (Fsp3) is 0.389. The molecule has 130 valence electrons. The first-order chi connectivity index (χ1) is 12.3. The minimum atomic E-state index is 0.461. The normalized spacial score (nSPS) is 17.9. The molecule has 0 spiro atoms. The summed E-state index contributed by atoms with van der Waals surface area (Å²) in [5, 5.41) is 11.3. The molecule has 0 amide bonds. The first kappa shape index (κ1) is 16.2. The molecule has 1 atom stereocenters. The smallest absolute Gasteiger partial charge is 0.125 e. The van der Waals surface area contributed by atoms with Crippen molar-refractivity contribution >= 4 is 17.2 Å². The number of nitrogens with zero attached hydrogens (tertiary/aromatic N) is 5. The van der Waals surface area contributed by atoms with Crippen molar-refractivity contribution in [3.05, 3.63) is 58.4 Å². The molecule has 3 aromatic heterocycles. The molecule has 1 N–H and O–H groups in total. The summed E-state index contributed by atoms with van der Waals surface area (Å²) in [6, 6.07) is 8.06. The van der Waals surface area contributed by atoms with E-state index in [1.54, 1.807) is 11.3 Å². The van der Waals surface area contributed by atoms with E-state index in [0.717, 1.165) is 49.2 Å². The summed E-state index contributed by atoms with van der Waals surface area (Å²) in [4.78, 5) is 11.5. The second-order valence-electron chi connectivity index (χ2n) is 6.49. The SMILES string of the molecule is Cc1nc(CN2Cc3ccnn3CC(CNc3ccccn3)C2)cs1. The largest absolute Gasteiger partial charge is 0.370 e. The molecule has 0 fully saturated rings. The highest BCUT2D eigenvalue weighted by Gasteiger charge is 2.23. The molecule has 0 radical (unpaired) electrons. The number of anilines is 1. The van der Waals surface area contributed by atoms with Crippen molar-refractivity contribution in [1.29, 1.82) is 0 Å². The van der Waals surface area contributed by atoms with Gasteiger partial charge < -0.3 is 5.32 Å². The lowest BCUT2D eigenvalue weighted by Gasteiger charge is -2.23. The zero-order valence-corrected chi connectivity index (χ0v) is 15.1. The van der Waals surface area contributed by atoms with Crippen LogP contribution < -0.4 is 5.32 Å². The van der Waals surface area contributed by atoms with E-state index in [1.165, 1.54) is 5.69 Å². The van der Waals surface area contributed by atoms with Crippen LogP contribution in [0.1, 0.15) is 16.4 Å². The first-order valence-electron chi connectivity index (χ1n) is 8.55. The number of fused-ring (bicyclic) bond motifs is 1. The minimum absolute atomic E-state index is 0.461. The van der Waals surface area contributed by atoms with Crippen LogP contribution in [-0.2, 0) is 19.6 Å². The summed E-state index contributed by atoms with van der Waals surface area (Å²) in [7, 11) is 0. The highest BCUT2D eigenvalue weighted by Crippen LogP contribution is 2.19. The van der Waals surface area contributed by atoms with Gasteiger partial charge in [0.05, 0.1) is 16.4 Å². The Bertz CT molecular complexity index is 812. The predicted molar refractivity (Wildman–Crippen MR) is 99.4 cm³/mol. The molecular weight excluding hydrogens is 332 g/mol. The van der Waals surface area contributed by atoms with Crippen molar-refractivity contribution in [2.45, 2.75) is 26.6 Å². The second kappa shape index (κ2) is 7.33. The molecular formula is C18H22N6S. The van der Waals surface area contributed by atoms with Gasteiger partial charge in [-0.3, -0.25) is 9.58 Å². The summed E-state index contributed by atoms with van der Waals surface area (Å²) in [6.45, 7) is 6.68. The fourth-order valence-electron chi connectivity index (χ4n) is 3.30. The van der Waals surface area contributed by atoms with Gasteiger partial charge in [-0.15, -0.1) is 11.3 Å². The van der Waals surface area contributed by atoms with Gasteiger partial charge in [-0.05, 0) is 25.1 Å². The topological polar surface area (TPSA) is 58.9 Å². The van der Waals surface area contributed by atoms with Gasteiger partial charge in [-0.2, -0.15) is 5.10 Å². The Morgan fingerprint density at radius 2 is 2.20 bits per heavy atom. The van der Waals surface area contributed by atoms with E-state index >= 15 is 0 Å². The van der Waals surface area contributed by atoms with Crippen LogP contribution in [0.3, 0.4) is 0 Å². The average molecular weight is 354 g/mol. The molecule has 4 rings (SSSR count). The Kier molecular flexibility index (Phi) is 4.76. The van der Waals surface area contributed by atoms with Crippen LogP contribution in [0.2, 0.25) is 0 Å². The van der Waals surface area contributed by atoms with E-state index in [1.807, 2.05) is 30.6 Å². The zero-order chi connectivity index (χ0) is 17.1. The number of aryl methyl sites for hydroxylation is 1. The summed E-state index contributed by atoms with van der Waals surface area (Å²) in [5.74, 6) is 1.39. The summed E-state index contributed by atoms with van der Waals surface area (Å²) < 4.78 is 2.14. The number of aromatic nitrogens is 4. The van der Waals surface area contributed by atoms with E-state index < -0.39 is 0 Å². The molecule has 7 heteroatoms. The number of pyridine rings is 1. The monoisotopic (exact) mass is 354 g/mol. The molecule has 1 aliphatic heterocycles. The third-order valence-corrected chi connectivity index (χ3v) is 5.25. The van der Waals surface area contributed by atoms with E-state index in [9.17, 15) is 0 Å². The molecule has 0 saturated carbocycles. The molecule has 3 aromatic rings. The van der Waals surface area contributed by atoms with Gasteiger partial charge in [0.1, 0.15) is 5.82 Å². The molecule has 0 bridgehead atoms. The zero-order valence-electron chi connectivity index (χ0n) is 14.3. The summed E-state index contributed by atoms with van der Waals surface area (Å²) >= 11 is 1.72. The molecule has 1 aliphatic rings. The number of thiazole rings is 1. The molecule has 4 heterocycles. The van der Waals surface area contributed by atoms with Crippen molar-refractivity contribution < 1.29 is 0 Å². The van der Waals surface area contributed by atoms with Gasteiger partial charge in [0.25, 0.3) is 0 Å². The highest BCUT2D eigenvalue weighted by molar-refractivity contribution is 7.09. The average Bonchev–Trinajstić information content (AvgIpc) is 3.19. The lowest BCUT2D eigenvalue weighted by atomic mass is 10.1. The van der Waals surface area contributed by atoms with Gasteiger partial charge in [-0.25, -0.2) is 9.97 Å². The molecule has 0 aromatic carbocycles. The third kappa shape index (κ3) is 4.05. The molecule has 6 nitrogen and oxygen atoms in total. The van der Waals surface area contributed by atoms with Gasteiger partial charge >= 0.3 is 0 Å². The predicted octanol–water partition coefficient (Wildman–Crippen LogP) is 2.79. The third-order valence-electron chi connectivity index (χ3n) is 4.43. The van der Waals surface area contributed by atoms with Crippen LogP contribution in [0.4, 0.5) is 5.82 Å². The number of rotatable bonds is 5. The van der Waals surface area contributed by atoms with E-state index in [-0.39, 0.29) is 0 Å². The molecule has 0 aliphatic carbocycles. The van der Waals surface area contributed by atoms with E-state index in [2.05, 4.69) is 48.3 Å². The summed E-state index contributed by atoms with van der Waals surface area (Å²) in [6.07, 6.45) is 3.72. The number of hydrogen-bond donors (Lipinski definition) is 1. The van der Waals surface area contributed by atoms with Crippen molar-refractivity contribution in [3.63, 3.8) is 0 Å². The lowest BCUT2D eigenvalue weighted by molar-refractivity contribution is 0.223. The van der Waals surface area contributed by atoms with E-state index in [4.69, 9.17) is 0 Å². The maximum Gasteiger partial charge on any atom is 0.125 e. The second-order valence-corrected chi connectivity index (χ2v) is 7.56. The summed E-state index contributed by atoms with van der Waals surface area (Å²) in [5.41, 5.74) is 2.43. The maximum absolute atomic E-state index is 4.63. The van der Waals surface area contributed by atoms with Crippen LogP contribution >= 0.6 is 11.3 Å². The van der Waals surface area contributed by atoms with Gasteiger partial charge in [-0.1, -0.05) is 6.07 Å². The number of nitrogens with one attached hydrogen (secondary N) is 1. The lowest BCUT2D eigenvalue weighted by Crippen LogP contribution is -2.31. The van der Waals surface area contributed by atoms with Crippen molar-refractivity contribution in [2.24, 2.45) is 5.92 Å². The van der Waals surface area contributed by atoms with Crippen LogP contribution in [0.5, 0.6) is 0 Å². The van der Waals surface area contributed by atoms with Crippen LogP contribution in [-0.4, -0.2) is 37.7 Å². The Labute approximate surface area is 151 Å². The van der Waals surface area contributed by atoms with Crippen molar-refractivity contribution in [1.82, 2.24) is 24.6 Å². The number of hydrogen-bond acceptors (Lipinski definition) is 6. The quantitative estimate of drug-likeness (QED) is 0.763. The van der Waals surface area contributed by atoms with Crippen molar-refractivity contribution in [3.8, 4) is 0 Å². The molecule has 0 saturated heterocycles. The first-order valence-corrected chi connectivity index (χ1v) is 9.43. The Morgan fingerprint density at radius 3 is 3.00 bits per heavy atom. The van der Waals surface area contributed by atoms with Crippen LogP contribution in [0, 0.1) is 12.8 Å². The maximum atomic E-state index is 4.63. The Hall–Kier alpha value is -2.25.